The molecule has 1 nitrogen and oxygen atoms in total. The summed E-state index contributed by atoms with van der Waals surface area (Å²) in [4.78, 5) is 0. The smallest absolute Gasteiger partial charge is 0.0548 e. The highest BCUT2D eigenvalue weighted by atomic mass is 79.9. The van der Waals surface area contributed by atoms with Crippen molar-refractivity contribution in [2.75, 3.05) is 13.1 Å². The molecule has 1 aromatic rings. The van der Waals surface area contributed by atoms with Gasteiger partial charge in [0.1, 0.15) is 0 Å². The van der Waals surface area contributed by atoms with Crippen LogP contribution in [0, 0.1) is 5.92 Å². The van der Waals surface area contributed by atoms with Crippen LogP contribution in [0.1, 0.15) is 19.4 Å². The Bertz CT molecular complexity index is 361. The molecule has 1 rings (SSSR count). The summed E-state index contributed by atoms with van der Waals surface area (Å²) in [6, 6.07) is 5.92. The van der Waals surface area contributed by atoms with Gasteiger partial charge in [0.2, 0.25) is 0 Å². The molecule has 0 atom stereocenters. The van der Waals surface area contributed by atoms with Crippen molar-refractivity contribution in [3.63, 3.8) is 0 Å². The van der Waals surface area contributed by atoms with Gasteiger partial charge in [-0.1, -0.05) is 43.7 Å². The van der Waals surface area contributed by atoms with Gasteiger partial charge in [0.05, 0.1) is 5.02 Å². The van der Waals surface area contributed by atoms with Crippen LogP contribution in [-0.4, -0.2) is 13.1 Å². The first-order chi connectivity index (χ1) is 7.59. The highest BCUT2D eigenvalue weighted by Crippen LogP contribution is 2.23. The highest BCUT2D eigenvalue weighted by molar-refractivity contribution is 9.10. The van der Waals surface area contributed by atoms with E-state index in [9.17, 15) is 0 Å². The monoisotopic (exact) mass is 301 g/mol. The van der Waals surface area contributed by atoms with E-state index >= 15 is 0 Å². The molecule has 0 saturated carbocycles. The van der Waals surface area contributed by atoms with Gasteiger partial charge in [-0.15, -0.1) is 0 Å². The van der Waals surface area contributed by atoms with Gasteiger partial charge in [-0.3, -0.25) is 0 Å². The van der Waals surface area contributed by atoms with Crippen molar-refractivity contribution in [3.8, 4) is 0 Å². The van der Waals surface area contributed by atoms with Gasteiger partial charge in [-0.05, 0) is 46.1 Å². The predicted molar refractivity (Wildman–Crippen MR) is 75.9 cm³/mol. The van der Waals surface area contributed by atoms with Crippen LogP contribution in [0.4, 0.5) is 0 Å². The standard InChI is InChI=1S/C13H17BrClN/c1-10(2)9-16-7-3-4-11-5-6-13(15)12(14)8-11/h3-6,8,10,16H,7,9H2,1-2H3/b4-3+. The van der Waals surface area contributed by atoms with Gasteiger partial charge < -0.3 is 5.32 Å². The SMILES string of the molecule is CC(C)CNC/C=C/c1ccc(Cl)c(Br)c1. The van der Waals surface area contributed by atoms with Gasteiger partial charge >= 0.3 is 0 Å². The van der Waals surface area contributed by atoms with Crippen LogP contribution in [0.2, 0.25) is 5.02 Å². The van der Waals surface area contributed by atoms with Gasteiger partial charge in [0.25, 0.3) is 0 Å². The zero-order valence-electron chi connectivity index (χ0n) is 9.63. The minimum atomic E-state index is 0.693. The molecule has 1 N–H and O–H groups in total. The summed E-state index contributed by atoms with van der Waals surface area (Å²) in [5.41, 5.74) is 1.16. The van der Waals surface area contributed by atoms with Crippen molar-refractivity contribution in [2.24, 2.45) is 5.92 Å². The number of benzene rings is 1. The zero-order valence-corrected chi connectivity index (χ0v) is 12.0. The van der Waals surface area contributed by atoms with E-state index in [1.165, 1.54) is 0 Å². The Hall–Kier alpha value is -0.310. The molecule has 0 spiro atoms. The Kier molecular flexibility index (Phi) is 6.10. The Morgan fingerprint density at radius 3 is 2.81 bits per heavy atom. The van der Waals surface area contributed by atoms with Crippen molar-refractivity contribution < 1.29 is 0 Å². The minimum absolute atomic E-state index is 0.693. The maximum atomic E-state index is 5.92. The van der Waals surface area contributed by atoms with Gasteiger partial charge in [0, 0.05) is 11.0 Å². The van der Waals surface area contributed by atoms with Crippen molar-refractivity contribution in [1.29, 1.82) is 0 Å². The van der Waals surface area contributed by atoms with E-state index in [1.54, 1.807) is 0 Å². The molecule has 0 amide bonds. The maximum Gasteiger partial charge on any atom is 0.0548 e. The molecule has 0 saturated heterocycles. The van der Waals surface area contributed by atoms with Crippen LogP contribution in [0.3, 0.4) is 0 Å². The van der Waals surface area contributed by atoms with Gasteiger partial charge in [-0.25, -0.2) is 0 Å². The zero-order chi connectivity index (χ0) is 12.0. The van der Waals surface area contributed by atoms with E-state index in [0.717, 1.165) is 28.1 Å². The van der Waals surface area contributed by atoms with Crippen LogP contribution >= 0.6 is 27.5 Å². The summed E-state index contributed by atoms with van der Waals surface area (Å²) in [5, 5.41) is 4.10. The first kappa shape index (κ1) is 13.8. The topological polar surface area (TPSA) is 12.0 Å². The van der Waals surface area contributed by atoms with E-state index in [1.807, 2.05) is 18.2 Å². The van der Waals surface area contributed by atoms with E-state index in [2.05, 4.69) is 47.2 Å². The molecule has 0 bridgehead atoms. The second kappa shape index (κ2) is 7.10. The first-order valence-corrected chi connectivity index (χ1v) is 6.59. The normalized spacial score (nSPS) is 11.6. The molecule has 0 heterocycles. The fourth-order valence-corrected chi connectivity index (χ4v) is 1.78. The van der Waals surface area contributed by atoms with Crippen molar-refractivity contribution in [1.82, 2.24) is 5.32 Å². The first-order valence-electron chi connectivity index (χ1n) is 5.42. The van der Waals surface area contributed by atoms with Crippen LogP contribution in [-0.2, 0) is 0 Å². The van der Waals surface area contributed by atoms with Crippen LogP contribution < -0.4 is 5.32 Å². The number of hydrogen-bond acceptors (Lipinski definition) is 1. The fourth-order valence-electron chi connectivity index (χ4n) is 1.27. The molecule has 0 unspecified atom stereocenters. The summed E-state index contributed by atoms with van der Waals surface area (Å²) >= 11 is 9.32. The number of rotatable bonds is 5. The lowest BCUT2D eigenvalue weighted by Crippen LogP contribution is -2.19. The molecular weight excluding hydrogens is 286 g/mol. The largest absolute Gasteiger partial charge is 0.313 e. The molecule has 0 aliphatic heterocycles. The second-order valence-corrected chi connectivity index (χ2v) is 5.39. The molecule has 0 aliphatic carbocycles. The molecular formula is C13H17BrClN. The summed E-state index contributed by atoms with van der Waals surface area (Å²) in [5.74, 6) is 0.693. The number of hydrogen-bond donors (Lipinski definition) is 1. The summed E-state index contributed by atoms with van der Waals surface area (Å²) < 4.78 is 0.937. The summed E-state index contributed by atoms with van der Waals surface area (Å²) in [7, 11) is 0. The van der Waals surface area contributed by atoms with Crippen molar-refractivity contribution >= 4 is 33.6 Å². The molecule has 0 aliphatic rings. The van der Waals surface area contributed by atoms with E-state index in [0.29, 0.717) is 5.92 Å². The lowest BCUT2D eigenvalue weighted by molar-refractivity contribution is 0.577. The maximum absolute atomic E-state index is 5.92. The van der Waals surface area contributed by atoms with Crippen LogP contribution in [0.15, 0.2) is 28.7 Å². The fraction of sp³-hybridized carbons (Fsp3) is 0.385. The molecule has 0 fully saturated rings. The lowest BCUT2D eigenvalue weighted by atomic mass is 10.2. The molecule has 88 valence electrons. The lowest BCUT2D eigenvalue weighted by Gasteiger charge is -2.03. The van der Waals surface area contributed by atoms with Crippen LogP contribution in [0.25, 0.3) is 6.08 Å². The molecule has 16 heavy (non-hydrogen) atoms. The predicted octanol–water partition coefficient (Wildman–Crippen LogP) is 4.36. The highest BCUT2D eigenvalue weighted by Gasteiger charge is 1.95. The third kappa shape index (κ3) is 5.15. The Morgan fingerprint density at radius 1 is 1.44 bits per heavy atom. The molecule has 0 radical (unpaired) electrons. The molecule has 1 aromatic carbocycles. The Labute approximate surface area is 111 Å². The Morgan fingerprint density at radius 2 is 2.19 bits per heavy atom. The quantitative estimate of drug-likeness (QED) is 0.797. The van der Waals surface area contributed by atoms with E-state index in [-0.39, 0.29) is 0 Å². The van der Waals surface area contributed by atoms with E-state index in [4.69, 9.17) is 11.6 Å². The Balaban J connectivity index is 2.41. The second-order valence-electron chi connectivity index (χ2n) is 4.13. The number of nitrogens with one attached hydrogen (secondary N) is 1. The third-order valence-corrected chi connectivity index (χ3v) is 3.28. The van der Waals surface area contributed by atoms with Gasteiger partial charge in [-0.2, -0.15) is 0 Å². The minimum Gasteiger partial charge on any atom is -0.313 e. The van der Waals surface area contributed by atoms with Crippen molar-refractivity contribution in [3.05, 3.63) is 39.3 Å². The van der Waals surface area contributed by atoms with Gasteiger partial charge in [0.15, 0.2) is 0 Å². The van der Waals surface area contributed by atoms with Crippen LogP contribution in [0.5, 0.6) is 0 Å². The van der Waals surface area contributed by atoms with E-state index < -0.39 is 0 Å². The molecule has 0 aromatic heterocycles. The summed E-state index contributed by atoms with van der Waals surface area (Å²) in [6.07, 6.45) is 4.21. The number of halogens is 2. The summed E-state index contributed by atoms with van der Waals surface area (Å²) in [6.45, 7) is 6.35. The molecule has 3 heteroatoms. The average molecular weight is 303 g/mol. The van der Waals surface area contributed by atoms with Crippen molar-refractivity contribution in [2.45, 2.75) is 13.8 Å². The average Bonchev–Trinajstić information content (AvgIpc) is 2.22. The third-order valence-electron chi connectivity index (χ3n) is 2.07.